The van der Waals surface area contributed by atoms with Crippen LogP contribution < -0.4 is 9.64 Å². The number of nitrogens with zero attached hydrogens (tertiary/aromatic N) is 3. The van der Waals surface area contributed by atoms with Gasteiger partial charge in [-0.1, -0.05) is 66.4 Å². The van der Waals surface area contributed by atoms with Crippen molar-refractivity contribution in [2.45, 2.75) is 11.8 Å². The van der Waals surface area contributed by atoms with E-state index < -0.39 is 0 Å². The fourth-order valence-electron chi connectivity index (χ4n) is 3.88. The highest BCUT2D eigenvalue weighted by atomic mass is 32.2. The van der Waals surface area contributed by atoms with Gasteiger partial charge in [-0.2, -0.15) is 0 Å². The molecule has 1 amide bonds. The summed E-state index contributed by atoms with van der Waals surface area (Å²) in [5.41, 5.74) is 4.14. The number of hydrogen-bond donors (Lipinski definition) is 0. The molecule has 7 heteroatoms. The monoisotopic (exact) mass is 499 g/mol. The quantitative estimate of drug-likeness (QED) is 0.283. The number of likely N-dealkylation sites (N-methyl/N-ethyl adjacent to an activating group) is 1. The van der Waals surface area contributed by atoms with E-state index in [2.05, 4.69) is 36.1 Å². The highest BCUT2D eigenvalue weighted by molar-refractivity contribution is 8.19. The number of rotatable bonds is 5. The van der Waals surface area contributed by atoms with E-state index in [9.17, 15) is 4.79 Å². The molecule has 5 nitrogen and oxygen atoms in total. The predicted molar refractivity (Wildman–Crippen MR) is 148 cm³/mol. The van der Waals surface area contributed by atoms with Crippen LogP contribution in [0.15, 0.2) is 92.6 Å². The average molecular weight is 500 g/mol. The molecule has 5 rings (SSSR count). The third kappa shape index (κ3) is 4.74. The largest absolute Gasteiger partial charge is 0.497 e. The lowest BCUT2D eigenvalue weighted by atomic mass is 10.1. The van der Waals surface area contributed by atoms with Gasteiger partial charge in [0.15, 0.2) is 5.17 Å². The Labute approximate surface area is 214 Å². The van der Waals surface area contributed by atoms with Gasteiger partial charge in [-0.3, -0.25) is 9.69 Å². The summed E-state index contributed by atoms with van der Waals surface area (Å²) in [6.07, 6.45) is 4.17. The van der Waals surface area contributed by atoms with Crippen LogP contribution in [0.2, 0.25) is 0 Å². The first-order valence-electron chi connectivity index (χ1n) is 11.3. The number of hydrogen-bond acceptors (Lipinski definition) is 6. The molecule has 0 unspecified atom stereocenters. The first-order chi connectivity index (χ1) is 17.1. The standard InChI is InChI=1S/C28H25N3O2S2/c1-4-31-23-18-22(33-3)16-17-24(23)34-27(31)25-26(32)30(2)28(35-25)29-21-14-12-20(13-15-21)11-10-19-8-6-5-7-9-19/h5-18H,4H2,1-3H3. The van der Waals surface area contributed by atoms with Gasteiger partial charge in [0.25, 0.3) is 5.91 Å². The van der Waals surface area contributed by atoms with Crippen LogP contribution >= 0.6 is 23.5 Å². The van der Waals surface area contributed by atoms with Crippen molar-refractivity contribution in [3.63, 3.8) is 0 Å². The third-order valence-corrected chi connectivity index (χ3v) is 8.22. The molecule has 3 aromatic carbocycles. The number of amides is 1. The minimum atomic E-state index is -0.0307. The van der Waals surface area contributed by atoms with Gasteiger partial charge in [0.05, 0.1) is 18.5 Å². The molecule has 2 aliphatic heterocycles. The van der Waals surface area contributed by atoms with E-state index in [-0.39, 0.29) is 5.91 Å². The SMILES string of the molecule is CCN1C(=C2SC(=Nc3ccc(C=Cc4ccccc4)cc3)N(C)C2=O)Sc2ccc(OC)cc21. The van der Waals surface area contributed by atoms with Gasteiger partial charge in [-0.25, -0.2) is 4.99 Å². The molecule has 176 valence electrons. The van der Waals surface area contributed by atoms with Crippen molar-refractivity contribution < 1.29 is 9.53 Å². The van der Waals surface area contributed by atoms with Crippen LogP contribution in [-0.2, 0) is 4.79 Å². The summed E-state index contributed by atoms with van der Waals surface area (Å²) >= 11 is 3.05. The number of thioether (sulfide) groups is 2. The highest BCUT2D eigenvalue weighted by Gasteiger charge is 2.38. The van der Waals surface area contributed by atoms with Gasteiger partial charge in [0.2, 0.25) is 0 Å². The minimum Gasteiger partial charge on any atom is -0.497 e. The highest BCUT2D eigenvalue weighted by Crippen LogP contribution is 2.51. The molecular weight excluding hydrogens is 474 g/mol. The number of carbonyl (C=O) groups is 1. The Morgan fingerprint density at radius 1 is 0.943 bits per heavy atom. The molecular formula is C28H25N3O2S2. The van der Waals surface area contributed by atoms with Crippen LogP contribution in [0.3, 0.4) is 0 Å². The summed E-state index contributed by atoms with van der Waals surface area (Å²) in [7, 11) is 3.45. The molecule has 2 aliphatic rings. The Morgan fingerprint density at radius 3 is 2.34 bits per heavy atom. The zero-order valence-corrected chi connectivity index (χ0v) is 21.4. The van der Waals surface area contributed by atoms with Crippen molar-refractivity contribution >= 4 is 58.1 Å². The molecule has 35 heavy (non-hydrogen) atoms. The van der Waals surface area contributed by atoms with E-state index in [1.54, 1.807) is 30.8 Å². The predicted octanol–water partition coefficient (Wildman–Crippen LogP) is 6.86. The zero-order chi connectivity index (χ0) is 24.4. The molecule has 0 aromatic heterocycles. The maximum atomic E-state index is 13.2. The van der Waals surface area contributed by atoms with Gasteiger partial charge in [-0.15, -0.1) is 0 Å². The van der Waals surface area contributed by atoms with E-state index in [4.69, 9.17) is 9.73 Å². The average Bonchev–Trinajstić information content (AvgIpc) is 3.40. The minimum absolute atomic E-state index is 0.0307. The van der Waals surface area contributed by atoms with Crippen LogP contribution in [0.4, 0.5) is 11.4 Å². The van der Waals surface area contributed by atoms with E-state index in [0.29, 0.717) is 10.1 Å². The van der Waals surface area contributed by atoms with E-state index in [1.165, 1.54) is 11.8 Å². The second-order valence-electron chi connectivity index (χ2n) is 8.01. The van der Waals surface area contributed by atoms with Crippen LogP contribution in [0.25, 0.3) is 12.2 Å². The molecule has 3 aromatic rings. The topological polar surface area (TPSA) is 45.1 Å². The summed E-state index contributed by atoms with van der Waals surface area (Å²) in [4.78, 5) is 23.6. The summed E-state index contributed by atoms with van der Waals surface area (Å²) in [5.74, 6) is 0.776. The van der Waals surface area contributed by atoms with E-state index >= 15 is 0 Å². The Balaban J connectivity index is 1.38. The Hall–Kier alpha value is -3.42. The molecule has 0 radical (unpaired) electrons. The lowest BCUT2D eigenvalue weighted by Crippen LogP contribution is -2.25. The number of ether oxygens (including phenoxy) is 1. The smallest absolute Gasteiger partial charge is 0.269 e. The van der Waals surface area contributed by atoms with E-state index in [1.807, 2.05) is 60.7 Å². The fraction of sp³-hybridized carbons (Fsp3) is 0.143. The van der Waals surface area contributed by atoms with Gasteiger partial charge in [0, 0.05) is 24.6 Å². The molecule has 0 spiro atoms. The molecule has 0 aliphatic carbocycles. The van der Waals surface area contributed by atoms with Gasteiger partial charge >= 0.3 is 0 Å². The van der Waals surface area contributed by atoms with Crippen molar-refractivity contribution in [2.75, 3.05) is 25.6 Å². The van der Waals surface area contributed by atoms with Crippen LogP contribution in [-0.4, -0.2) is 36.7 Å². The summed E-state index contributed by atoms with van der Waals surface area (Å²) in [6.45, 7) is 2.85. The molecule has 2 heterocycles. The summed E-state index contributed by atoms with van der Waals surface area (Å²) < 4.78 is 5.41. The van der Waals surface area contributed by atoms with Crippen molar-refractivity contribution in [2.24, 2.45) is 4.99 Å². The number of aliphatic imine (C=N–C) groups is 1. The van der Waals surface area contributed by atoms with Crippen molar-refractivity contribution in [3.8, 4) is 5.75 Å². The first kappa shape index (κ1) is 23.3. The van der Waals surface area contributed by atoms with Crippen LogP contribution in [0.1, 0.15) is 18.1 Å². The Bertz CT molecular complexity index is 1350. The normalized spacial score (nSPS) is 18.7. The second kappa shape index (κ2) is 10.1. The van der Waals surface area contributed by atoms with Crippen molar-refractivity contribution in [1.82, 2.24) is 4.90 Å². The lowest BCUT2D eigenvalue weighted by Gasteiger charge is -2.19. The molecule has 1 saturated heterocycles. The van der Waals surface area contributed by atoms with Gasteiger partial charge in [-0.05, 0) is 54.1 Å². The number of benzene rings is 3. The lowest BCUT2D eigenvalue weighted by molar-refractivity contribution is -0.121. The fourth-order valence-corrected chi connectivity index (χ4v) is 6.24. The molecule has 0 N–H and O–H groups in total. The molecule has 0 atom stereocenters. The first-order valence-corrected chi connectivity index (χ1v) is 13.0. The maximum absolute atomic E-state index is 13.2. The van der Waals surface area contributed by atoms with Crippen LogP contribution in [0.5, 0.6) is 5.75 Å². The second-order valence-corrected chi connectivity index (χ2v) is 10.0. The molecule has 0 saturated carbocycles. The third-order valence-electron chi connectivity index (χ3n) is 5.78. The van der Waals surface area contributed by atoms with Crippen molar-refractivity contribution in [3.05, 3.63) is 93.9 Å². The van der Waals surface area contributed by atoms with Gasteiger partial charge in [0.1, 0.15) is 15.7 Å². The van der Waals surface area contributed by atoms with Crippen LogP contribution in [0, 0.1) is 0 Å². The zero-order valence-electron chi connectivity index (χ0n) is 19.8. The van der Waals surface area contributed by atoms with Gasteiger partial charge < -0.3 is 9.64 Å². The number of carbonyl (C=O) groups excluding carboxylic acids is 1. The molecule has 1 fully saturated rings. The van der Waals surface area contributed by atoms with E-state index in [0.717, 1.165) is 44.7 Å². The number of fused-ring (bicyclic) bond motifs is 1. The Kier molecular flexibility index (Phi) is 6.70. The number of anilines is 1. The summed E-state index contributed by atoms with van der Waals surface area (Å²) in [6, 6.07) is 24.3. The van der Waals surface area contributed by atoms with Crippen molar-refractivity contribution in [1.29, 1.82) is 0 Å². The maximum Gasteiger partial charge on any atom is 0.269 e. The Morgan fingerprint density at radius 2 is 1.66 bits per heavy atom. The number of amidine groups is 1. The molecule has 0 bridgehead atoms. The summed E-state index contributed by atoms with van der Waals surface area (Å²) in [5, 5.41) is 1.62. The number of methoxy groups -OCH3 is 1.